The zero-order valence-electron chi connectivity index (χ0n) is 39.1. The fourth-order valence-electron chi connectivity index (χ4n) is 5.63. The zero-order chi connectivity index (χ0) is 45.1. The van der Waals surface area contributed by atoms with Crippen LogP contribution in [0.1, 0.15) is 168 Å². The van der Waals surface area contributed by atoms with Crippen LogP contribution in [-0.4, -0.2) is 37.2 Å². The van der Waals surface area contributed by atoms with Crippen LogP contribution in [-0.2, 0) is 28.6 Å². The molecule has 0 heterocycles. The molecule has 0 aromatic heterocycles. The number of ether oxygens (including phenoxy) is 3. The number of hydrogen-bond acceptors (Lipinski definition) is 6. The summed E-state index contributed by atoms with van der Waals surface area (Å²) in [5.41, 5.74) is 0. The van der Waals surface area contributed by atoms with Crippen molar-refractivity contribution in [3.63, 3.8) is 0 Å². The quantitative estimate of drug-likeness (QED) is 0.0264. The minimum Gasteiger partial charge on any atom is -0.462 e. The molecule has 62 heavy (non-hydrogen) atoms. The Balaban J connectivity index is 4.67. The summed E-state index contributed by atoms with van der Waals surface area (Å²) in [6.45, 7) is 6.12. The van der Waals surface area contributed by atoms with Gasteiger partial charge in [0.15, 0.2) is 6.10 Å². The van der Waals surface area contributed by atoms with Gasteiger partial charge in [-0.05, 0) is 109 Å². The molecule has 0 aliphatic rings. The first kappa shape index (κ1) is 57.3. The van der Waals surface area contributed by atoms with Crippen LogP contribution < -0.4 is 0 Å². The molecule has 0 bridgehead atoms. The first-order chi connectivity index (χ1) is 30.5. The van der Waals surface area contributed by atoms with Crippen LogP contribution in [0.25, 0.3) is 0 Å². The number of unbranched alkanes of at least 4 members (excludes halogenated alkanes) is 5. The summed E-state index contributed by atoms with van der Waals surface area (Å²) in [6, 6.07) is 0. The van der Waals surface area contributed by atoms with E-state index in [9.17, 15) is 14.4 Å². The van der Waals surface area contributed by atoms with Crippen LogP contribution >= 0.6 is 0 Å². The average molecular weight is 853 g/mol. The third-order valence-electron chi connectivity index (χ3n) is 9.10. The Morgan fingerprint density at radius 3 is 1.00 bits per heavy atom. The maximum absolute atomic E-state index is 12.7. The molecule has 0 fully saturated rings. The third kappa shape index (κ3) is 46.4. The smallest absolute Gasteiger partial charge is 0.306 e. The van der Waals surface area contributed by atoms with E-state index >= 15 is 0 Å². The lowest BCUT2D eigenvalue weighted by Crippen LogP contribution is -2.30. The highest BCUT2D eigenvalue weighted by atomic mass is 16.6. The van der Waals surface area contributed by atoms with Crippen molar-refractivity contribution in [2.24, 2.45) is 0 Å². The van der Waals surface area contributed by atoms with Gasteiger partial charge in [-0.15, -0.1) is 0 Å². The van der Waals surface area contributed by atoms with Crippen LogP contribution in [0, 0.1) is 0 Å². The summed E-state index contributed by atoms with van der Waals surface area (Å²) in [5, 5.41) is 0. The molecule has 0 spiro atoms. The molecule has 0 N–H and O–H groups in total. The molecule has 6 heteroatoms. The topological polar surface area (TPSA) is 78.9 Å². The molecular formula is C56H84O6. The van der Waals surface area contributed by atoms with E-state index in [1.54, 1.807) is 0 Å². The molecule has 0 rings (SSSR count). The number of esters is 3. The number of hydrogen-bond donors (Lipinski definition) is 0. The van der Waals surface area contributed by atoms with Crippen LogP contribution in [0.4, 0.5) is 0 Å². The molecule has 0 aromatic carbocycles. The van der Waals surface area contributed by atoms with Gasteiger partial charge in [-0.2, -0.15) is 0 Å². The lowest BCUT2D eigenvalue weighted by Gasteiger charge is -2.18. The predicted molar refractivity (Wildman–Crippen MR) is 265 cm³/mol. The zero-order valence-corrected chi connectivity index (χ0v) is 39.1. The Bertz CT molecular complexity index is 1440. The molecule has 344 valence electrons. The van der Waals surface area contributed by atoms with E-state index in [0.717, 1.165) is 116 Å². The Morgan fingerprint density at radius 1 is 0.323 bits per heavy atom. The summed E-state index contributed by atoms with van der Waals surface area (Å²) in [7, 11) is 0. The van der Waals surface area contributed by atoms with E-state index in [4.69, 9.17) is 14.2 Å². The Hall–Kier alpha value is -4.71. The van der Waals surface area contributed by atoms with Gasteiger partial charge in [0, 0.05) is 19.3 Å². The molecule has 1 unspecified atom stereocenters. The standard InChI is InChI=1S/C56H84O6/c1-4-7-10-13-16-19-22-25-27-29-31-34-37-40-43-46-49-55(58)61-52-53(51-60-54(57)48-45-42-39-36-33-24-21-18-15-12-9-6-3)62-56(59)50-47-44-41-38-35-32-30-28-26-23-20-17-14-11-8-5-2/h7-12,16-21,25-28,31-32,34-35,40-41,43-44,53H,4-6,13-15,22-24,29-30,33,36-39,42,45-52H2,1-3H3/b10-7-,11-8-,12-9-,19-16-,20-17-,21-18-,27-25-,28-26-,34-31-,35-32-,43-40-,44-41-. The molecule has 0 aromatic rings. The van der Waals surface area contributed by atoms with Gasteiger partial charge in [0.2, 0.25) is 0 Å². The van der Waals surface area contributed by atoms with Crippen molar-refractivity contribution in [1.82, 2.24) is 0 Å². The number of allylic oxidation sites excluding steroid dienone is 24. The molecule has 0 aliphatic heterocycles. The van der Waals surface area contributed by atoms with Gasteiger partial charge < -0.3 is 14.2 Å². The van der Waals surface area contributed by atoms with Crippen molar-refractivity contribution < 1.29 is 28.6 Å². The largest absolute Gasteiger partial charge is 0.462 e. The van der Waals surface area contributed by atoms with E-state index in [1.807, 2.05) is 24.3 Å². The second-order valence-electron chi connectivity index (χ2n) is 14.9. The van der Waals surface area contributed by atoms with Gasteiger partial charge in [0.1, 0.15) is 13.2 Å². The molecule has 0 radical (unpaired) electrons. The van der Waals surface area contributed by atoms with Crippen LogP contribution in [0.3, 0.4) is 0 Å². The minimum absolute atomic E-state index is 0.145. The average Bonchev–Trinajstić information content (AvgIpc) is 3.27. The third-order valence-corrected chi connectivity index (χ3v) is 9.10. The SMILES string of the molecule is CC/C=C\C/C=C\C/C=C\C/C=C\C/C=C\CCC(=O)OCC(COC(=O)CCCCCCC/C=C\C/C=C\CC)OC(=O)CC/C=C\C/C=C\C/C=C\C/C=C\C/C=C\CC. The Morgan fingerprint density at radius 2 is 0.613 bits per heavy atom. The fourth-order valence-corrected chi connectivity index (χ4v) is 5.63. The molecule has 1 atom stereocenters. The maximum atomic E-state index is 12.7. The Labute approximate surface area is 378 Å². The second kappa shape index (κ2) is 49.0. The van der Waals surface area contributed by atoms with Crippen molar-refractivity contribution >= 4 is 17.9 Å². The van der Waals surface area contributed by atoms with Gasteiger partial charge in [0.25, 0.3) is 0 Å². The highest BCUT2D eigenvalue weighted by Crippen LogP contribution is 2.10. The van der Waals surface area contributed by atoms with Gasteiger partial charge >= 0.3 is 17.9 Å². The van der Waals surface area contributed by atoms with Crippen molar-refractivity contribution in [3.8, 4) is 0 Å². The summed E-state index contributed by atoms with van der Waals surface area (Å²) in [6.07, 6.45) is 70.0. The lowest BCUT2D eigenvalue weighted by atomic mass is 10.1. The Kier molecular flexibility index (Phi) is 45.2. The van der Waals surface area contributed by atoms with Gasteiger partial charge in [0.05, 0.1) is 0 Å². The van der Waals surface area contributed by atoms with E-state index in [-0.39, 0.29) is 38.0 Å². The van der Waals surface area contributed by atoms with Crippen LogP contribution in [0.2, 0.25) is 0 Å². The number of carbonyl (C=O) groups excluding carboxylic acids is 3. The highest BCUT2D eigenvalue weighted by molar-refractivity contribution is 5.71. The maximum Gasteiger partial charge on any atom is 0.306 e. The molecule has 0 saturated carbocycles. The van der Waals surface area contributed by atoms with Crippen molar-refractivity contribution in [2.75, 3.05) is 13.2 Å². The summed E-state index contributed by atoms with van der Waals surface area (Å²) in [4.78, 5) is 37.8. The number of carbonyl (C=O) groups is 3. The minimum atomic E-state index is -0.858. The van der Waals surface area contributed by atoms with Crippen LogP contribution in [0.15, 0.2) is 146 Å². The van der Waals surface area contributed by atoms with Crippen LogP contribution in [0.5, 0.6) is 0 Å². The summed E-state index contributed by atoms with van der Waals surface area (Å²) < 4.78 is 16.6. The number of rotatable bonds is 40. The molecule has 6 nitrogen and oxygen atoms in total. The van der Waals surface area contributed by atoms with Gasteiger partial charge in [-0.3, -0.25) is 14.4 Å². The van der Waals surface area contributed by atoms with E-state index in [2.05, 4.69) is 142 Å². The highest BCUT2D eigenvalue weighted by Gasteiger charge is 2.19. The van der Waals surface area contributed by atoms with Crippen molar-refractivity contribution in [3.05, 3.63) is 146 Å². The summed E-state index contributed by atoms with van der Waals surface area (Å²) in [5.74, 6) is -1.15. The molecular weight excluding hydrogens is 769 g/mol. The van der Waals surface area contributed by atoms with Gasteiger partial charge in [-0.25, -0.2) is 0 Å². The molecule has 0 aliphatic carbocycles. The van der Waals surface area contributed by atoms with Gasteiger partial charge in [-0.1, -0.05) is 186 Å². The monoisotopic (exact) mass is 853 g/mol. The normalized spacial score (nSPS) is 13.4. The predicted octanol–water partition coefficient (Wildman–Crippen LogP) is 15.7. The first-order valence-electron chi connectivity index (χ1n) is 23.8. The molecule has 0 saturated heterocycles. The van der Waals surface area contributed by atoms with Crippen molar-refractivity contribution in [1.29, 1.82) is 0 Å². The van der Waals surface area contributed by atoms with Crippen molar-refractivity contribution in [2.45, 2.75) is 175 Å². The summed E-state index contributed by atoms with van der Waals surface area (Å²) >= 11 is 0. The molecule has 0 amide bonds. The second-order valence-corrected chi connectivity index (χ2v) is 14.9. The van der Waals surface area contributed by atoms with E-state index in [1.165, 1.54) is 0 Å². The van der Waals surface area contributed by atoms with E-state index < -0.39 is 12.1 Å². The fraction of sp³-hybridized carbons (Fsp3) is 0.518. The first-order valence-corrected chi connectivity index (χ1v) is 23.8. The van der Waals surface area contributed by atoms with E-state index in [0.29, 0.717) is 19.3 Å². The lowest BCUT2D eigenvalue weighted by molar-refractivity contribution is -0.166.